The van der Waals surface area contributed by atoms with Gasteiger partial charge in [-0.1, -0.05) is 12.1 Å². The van der Waals surface area contributed by atoms with E-state index in [1.165, 1.54) is 5.56 Å². The Labute approximate surface area is 88.7 Å². The Morgan fingerprint density at radius 3 is 2.73 bits per heavy atom. The minimum Gasteiger partial charge on any atom is -0.437 e. The maximum Gasteiger partial charge on any atom is 0.238 e. The Kier molecular flexibility index (Phi) is 2.63. The summed E-state index contributed by atoms with van der Waals surface area (Å²) in [5.41, 5.74) is 2.26. The molecule has 0 aliphatic rings. The van der Waals surface area contributed by atoms with Gasteiger partial charge in [-0.3, -0.25) is 0 Å². The van der Waals surface area contributed by atoms with Crippen molar-refractivity contribution in [2.75, 3.05) is 0 Å². The fourth-order valence-electron chi connectivity index (χ4n) is 1.27. The van der Waals surface area contributed by atoms with E-state index >= 15 is 0 Å². The lowest BCUT2D eigenvalue weighted by molar-refractivity contribution is 0.451. The fourth-order valence-corrected chi connectivity index (χ4v) is 1.27. The Balaban J connectivity index is 2.28. The summed E-state index contributed by atoms with van der Waals surface area (Å²) in [4.78, 5) is 0. The molecule has 0 amide bonds. The van der Waals surface area contributed by atoms with E-state index in [1.54, 1.807) is 18.3 Å². The molecule has 1 aromatic heterocycles. The van der Waals surface area contributed by atoms with Gasteiger partial charge in [-0.2, -0.15) is 5.10 Å². The largest absolute Gasteiger partial charge is 0.437 e. The summed E-state index contributed by atoms with van der Waals surface area (Å²) in [5.74, 6) is 1.35. The first-order chi connectivity index (χ1) is 7.25. The first-order valence-electron chi connectivity index (χ1n) is 4.78. The number of nitrogens with zero attached hydrogens (tertiary/aromatic N) is 2. The van der Waals surface area contributed by atoms with E-state index in [4.69, 9.17) is 4.74 Å². The van der Waals surface area contributed by atoms with Gasteiger partial charge in [0.25, 0.3) is 0 Å². The number of hydrogen-bond acceptors (Lipinski definition) is 3. The number of aromatic nitrogens is 2. The molecule has 0 saturated heterocycles. The van der Waals surface area contributed by atoms with Gasteiger partial charge in [0.1, 0.15) is 5.75 Å². The van der Waals surface area contributed by atoms with Crippen molar-refractivity contribution in [3.8, 4) is 11.6 Å². The third-order valence-electron chi connectivity index (χ3n) is 2.11. The molecule has 0 aliphatic heterocycles. The summed E-state index contributed by atoms with van der Waals surface area (Å²) in [7, 11) is 0. The van der Waals surface area contributed by atoms with Crippen LogP contribution in [0, 0.1) is 13.8 Å². The molecule has 0 saturated carbocycles. The summed E-state index contributed by atoms with van der Waals surface area (Å²) >= 11 is 0. The first-order valence-corrected chi connectivity index (χ1v) is 4.78. The van der Waals surface area contributed by atoms with Crippen LogP contribution >= 0.6 is 0 Å². The standard InChI is InChI=1S/C12H12N2O/c1-9-5-6-10(2)11(8-9)15-12-4-3-7-13-14-12/h3-8H,1-2H3. The van der Waals surface area contributed by atoms with Crippen molar-refractivity contribution in [2.45, 2.75) is 13.8 Å². The van der Waals surface area contributed by atoms with Gasteiger partial charge in [-0.05, 0) is 37.1 Å². The third kappa shape index (κ3) is 2.31. The van der Waals surface area contributed by atoms with Crippen molar-refractivity contribution in [2.24, 2.45) is 0 Å². The van der Waals surface area contributed by atoms with Crippen molar-refractivity contribution in [3.05, 3.63) is 47.7 Å². The van der Waals surface area contributed by atoms with E-state index in [9.17, 15) is 0 Å². The van der Waals surface area contributed by atoms with Crippen LogP contribution in [0.25, 0.3) is 0 Å². The minimum absolute atomic E-state index is 0.520. The zero-order valence-corrected chi connectivity index (χ0v) is 8.77. The zero-order valence-electron chi connectivity index (χ0n) is 8.77. The maximum absolute atomic E-state index is 5.62. The number of aryl methyl sites for hydroxylation is 2. The topological polar surface area (TPSA) is 35.0 Å². The third-order valence-corrected chi connectivity index (χ3v) is 2.11. The summed E-state index contributed by atoms with van der Waals surface area (Å²) in [6.07, 6.45) is 1.62. The van der Waals surface area contributed by atoms with Gasteiger partial charge in [0.2, 0.25) is 5.88 Å². The summed E-state index contributed by atoms with van der Waals surface area (Å²) in [6, 6.07) is 9.66. The second-order valence-corrected chi connectivity index (χ2v) is 3.43. The first kappa shape index (κ1) is 9.65. The quantitative estimate of drug-likeness (QED) is 0.747. The van der Waals surface area contributed by atoms with Crippen LogP contribution in [-0.4, -0.2) is 10.2 Å². The second kappa shape index (κ2) is 4.09. The predicted octanol–water partition coefficient (Wildman–Crippen LogP) is 2.89. The summed E-state index contributed by atoms with van der Waals surface area (Å²) in [5, 5.41) is 7.63. The van der Waals surface area contributed by atoms with Gasteiger partial charge in [0.15, 0.2) is 0 Å². The molecule has 3 nitrogen and oxygen atoms in total. The Morgan fingerprint density at radius 1 is 1.13 bits per heavy atom. The molecular weight excluding hydrogens is 188 g/mol. The van der Waals surface area contributed by atoms with Crippen molar-refractivity contribution >= 4 is 0 Å². The highest BCUT2D eigenvalue weighted by Crippen LogP contribution is 2.23. The Hall–Kier alpha value is -1.90. The van der Waals surface area contributed by atoms with Crippen molar-refractivity contribution < 1.29 is 4.74 Å². The molecule has 0 bridgehead atoms. The van der Waals surface area contributed by atoms with Crippen LogP contribution in [0.2, 0.25) is 0 Å². The van der Waals surface area contributed by atoms with Crippen LogP contribution in [0.15, 0.2) is 36.5 Å². The second-order valence-electron chi connectivity index (χ2n) is 3.43. The zero-order chi connectivity index (χ0) is 10.7. The lowest BCUT2D eigenvalue weighted by atomic mass is 10.1. The number of hydrogen-bond donors (Lipinski definition) is 0. The molecule has 1 aromatic carbocycles. The summed E-state index contributed by atoms with van der Waals surface area (Å²) < 4.78 is 5.62. The van der Waals surface area contributed by atoms with Crippen LogP contribution in [0.4, 0.5) is 0 Å². The monoisotopic (exact) mass is 200 g/mol. The fraction of sp³-hybridized carbons (Fsp3) is 0.167. The van der Waals surface area contributed by atoms with Gasteiger partial charge in [0, 0.05) is 12.3 Å². The highest BCUT2D eigenvalue weighted by Gasteiger charge is 2.02. The van der Waals surface area contributed by atoms with Gasteiger partial charge in [0.05, 0.1) is 0 Å². The molecule has 76 valence electrons. The molecule has 0 fully saturated rings. The maximum atomic E-state index is 5.62. The van der Waals surface area contributed by atoms with Crippen LogP contribution in [0.1, 0.15) is 11.1 Å². The molecular formula is C12H12N2O. The lowest BCUT2D eigenvalue weighted by Crippen LogP contribution is -1.91. The molecule has 0 N–H and O–H groups in total. The number of rotatable bonds is 2. The molecule has 1 heterocycles. The summed E-state index contributed by atoms with van der Waals surface area (Å²) in [6.45, 7) is 4.04. The molecule has 2 aromatic rings. The van der Waals surface area contributed by atoms with Gasteiger partial charge in [-0.25, -0.2) is 0 Å². The molecule has 2 rings (SSSR count). The predicted molar refractivity (Wildman–Crippen MR) is 58.0 cm³/mol. The van der Waals surface area contributed by atoms with Crippen LogP contribution in [0.3, 0.4) is 0 Å². The molecule has 0 atom stereocenters. The molecule has 0 spiro atoms. The molecule has 3 heteroatoms. The molecule has 0 radical (unpaired) electrons. The minimum atomic E-state index is 0.520. The van der Waals surface area contributed by atoms with E-state index in [0.29, 0.717) is 5.88 Å². The molecule has 15 heavy (non-hydrogen) atoms. The van der Waals surface area contributed by atoms with E-state index in [-0.39, 0.29) is 0 Å². The number of ether oxygens (including phenoxy) is 1. The van der Waals surface area contributed by atoms with Gasteiger partial charge in [-0.15, -0.1) is 5.10 Å². The van der Waals surface area contributed by atoms with E-state index in [1.807, 2.05) is 26.0 Å². The van der Waals surface area contributed by atoms with Crippen LogP contribution in [-0.2, 0) is 0 Å². The SMILES string of the molecule is Cc1ccc(C)c(Oc2cccnn2)c1. The highest BCUT2D eigenvalue weighted by molar-refractivity contribution is 5.38. The highest BCUT2D eigenvalue weighted by atomic mass is 16.5. The van der Waals surface area contributed by atoms with Gasteiger partial charge >= 0.3 is 0 Å². The molecule has 0 unspecified atom stereocenters. The van der Waals surface area contributed by atoms with Crippen LogP contribution < -0.4 is 4.74 Å². The van der Waals surface area contributed by atoms with Crippen molar-refractivity contribution in [3.63, 3.8) is 0 Å². The molecule has 0 aliphatic carbocycles. The Bertz CT molecular complexity index is 454. The normalized spacial score (nSPS) is 10.0. The average Bonchev–Trinajstić information content (AvgIpc) is 2.25. The van der Waals surface area contributed by atoms with Gasteiger partial charge < -0.3 is 4.74 Å². The Morgan fingerprint density at radius 2 is 2.00 bits per heavy atom. The van der Waals surface area contributed by atoms with E-state index < -0.39 is 0 Å². The van der Waals surface area contributed by atoms with E-state index in [2.05, 4.69) is 16.3 Å². The van der Waals surface area contributed by atoms with E-state index in [0.717, 1.165) is 11.3 Å². The van der Waals surface area contributed by atoms with Crippen LogP contribution in [0.5, 0.6) is 11.6 Å². The average molecular weight is 200 g/mol. The van der Waals surface area contributed by atoms with Crippen molar-refractivity contribution in [1.29, 1.82) is 0 Å². The van der Waals surface area contributed by atoms with Crippen molar-refractivity contribution in [1.82, 2.24) is 10.2 Å². The number of benzene rings is 1. The smallest absolute Gasteiger partial charge is 0.238 e. The lowest BCUT2D eigenvalue weighted by Gasteiger charge is -2.07.